The molecule has 0 amide bonds. The van der Waals surface area contributed by atoms with Gasteiger partial charge in [0.15, 0.2) is 23.2 Å². The molecule has 7 nitrogen and oxygen atoms in total. The van der Waals surface area contributed by atoms with E-state index < -0.39 is 0 Å². The summed E-state index contributed by atoms with van der Waals surface area (Å²) in [5.74, 6) is 1.52. The summed E-state index contributed by atoms with van der Waals surface area (Å²) >= 11 is 0. The van der Waals surface area contributed by atoms with Crippen molar-refractivity contribution < 1.29 is 0 Å². The maximum absolute atomic E-state index is 8.69. The second kappa shape index (κ2) is 23.3. The molecule has 0 radical (unpaired) electrons. The Morgan fingerprint density at radius 1 is 0.271 bits per heavy atom. The Morgan fingerprint density at radius 2 is 0.646 bits per heavy atom. The highest BCUT2D eigenvalue weighted by Crippen LogP contribution is 2.49. The lowest BCUT2D eigenvalue weighted by Gasteiger charge is -2.44. The van der Waals surface area contributed by atoms with Gasteiger partial charge in [0, 0.05) is 67.3 Å². The number of hydrogen-bond acceptors (Lipinski definition) is 5. The van der Waals surface area contributed by atoms with Crippen LogP contribution < -0.4 is 26.2 Å². The molecule has 0 saturated heterocycles. The Bertz CT molecular complexity index is 5440. The minimum atomic E-state index is -0.157. The van der Waals surface area contributed by atoms with Gasteiger partial charge in [-0.05, 0) is 151 Å². The van der Waals surface area contributed by atoms with E-state index in [9.17, 15) is 0 Å². The van der Waals surface area contributed by atoms with Crippen molar-refractivity contribution in [3.63, 3.8) is 0 Å². The molecule has 0 spiro atoms. The third-order valence-corrected chi connectivity index (χ3v) is 19.1. The van der Waals surface area contributed by atoms with Crippen molar-refractivity contribution in [2.24, 2.45) is 0 Å². The molecule has 0 fully saturated rings. The standard InChI is InChI=1S/C88H56BN7/c1-90-78-57-72(47-48-74(78)88-92-86(64-30-16-6-17-31-64)91-87(93-88)65-32-18-7-19-33-65)96-79-35-21-20-34-73(79)75-52-66(40-49-80(75)96)69-55-83-85-84(56-69)95(71-45-38-63(39-46-71)59-24-10-3-11-25-59)82-51-42-68(61-28-14-5-15-29-61)54-77(82)89(85)76-53-67(60-26-12-4-13-27-60)41-50-81(76)94(83)70-43-36-62(37-44-70)58-22-8-2-9-23-58/h2-57H. The molecule has 0 atom stereocenters. The van der Waals surface area contributed by atoms with Gasteiger partial charge in [-0.2, -0.15) is 0 Å². The number of nitrogens with zero attached hydrogens (tertiary/aromatic N) is 7. The van der Waals surface area contributed by atoms with Crippen LogP contribution >= 0.6 is 0 Å². The van der Waals surface area contributed by atoms with Gasteiger partial charge < -0.3 is 14.4 Å². The van der Waals surface area contributed by atoms with Crippen molar-refractivity contribution in [3.8, 4) is 95.5 Å². The molecule has 96 heavy (non-hydrogen) atoms. The van der Waals surface area contributed by atoms with Gasteiger partial charge in [0.1, 0.15) is 0 Å². The smallest absolute Gasteiger partial charge is 0.252 e. The van der Waals surface area contributed by atoms with E-state index in [1.54, 1.807) is 0 Å². The number of anilines is 6. The molecule has 16 aromatic rings. The highest BCUT2D eigenvalue weighted by Gasteiger charge is 2.44. The second-order valence-corrected chi connectivity index (χ2v) is 24.6. The Morgan fingerprint density at radius 3 is 1.12 bits per heavy atom. The minimum Gasteiger partial charge on any atom is -0.311 e. The number of para-hydroxylation sites is 1. The largest absolute Gasteiger partial charge is 0.311 e. The van der Waals surface area contributed by atoms with Crippen LogP contribution in [0, 0.1) is 6.57 Å². The molecule has 2 aliphatic rings. The summed E-state index contributed by atoms with van der Waals surface area (Å²) in [4.78, 5) is 24.2. The summed E-state index contributed by atoms with van der Waals surface area (Å²) < 4.78 is 2.29. The summed E-state index contributed by atoms with van der Waals surface area (Å²) in [5, 5.41) is 2.20. The molecule has 18 rings (SSSR count). The van der Waals surface area contributed by atoms with Crippen LogP contribution in [0.2, 0.25) is 0 Å². The first-order valence-electron chi connectivity index (χ1n) is 32.5. The van der Waals surface area contributed by atoms with Crippen LogP contribution in [0.15, 0.2) is 340 Å². The third kappa shape index (κ3) is 9.64. The van der Waals surface area contributed by atoms with Crippen molar-refractivity contribution >= 4 is 84.7 Å². The molecule has 2 aromatic heterocycles. The molecule has 0 aliphatic carbocycles. The van der Waals surface area contributed by atoms with Crippen LogP contribution in [0.5, 0.6) is 0 Å². The molecule has 14 aromatic carbocycles. The van der Waals surface area contributed by atoms with Gasteiger partial charge in [-0.15, -0.1) is 0 Å². The van der Waals surface area contributed by atoms with Crippen LogP contribution in [-0.2, 0) is 0 Å². The quantitative estimate of drug-likeness (QED) is 0.0954. The van der Waals surface area contributed by atoms with Crippen LogP contribution in [0.3, 0.4) is 0 Å². The fourth-order valence-electron chi connectivity index (χ4n) is 14.5. The zero-order valence-electron chi connectivity index (χ0n) is 52.0. The maximum atomic E-state index is 8.69. The summed E-state index contributed by atoms with van der Waals surface area (Å²) in [6.45, 7) is 8.54. The average molecular weight is 1220 g/mol. The van der Waals surface area contributed by atoms with Gasteiger partial charge in [0.25, 0.3) is 6.71 Å². The fraction of sp³-hybridized carbons (Fsp3) is 0. The molecule has 8 heteroatoms. The number of benzene rings is 14. The monoisotopic (exact) mass is 1220 g/mol. The average Bonchev–Trinajstić information content (AvgIpc) is 0.790. The van der Waals surface area contributed by atoms with Gasteiger partial charge in [-0.25, -0.2) is 19.8 Å². The first-order valence-corrected chi connectivity index (χ1v) is 32.5. The van der Waals surface area contributed by atoms with Crippen molar-refractivity contribution in [3.05, 3.63) is 351 Å². The second-order valence-electron chi connectivity index (χ2n) is 24.6. The van der Waals surface area contributed by atoms with Gasteiger partial charge in [-0.1, -0.05) is 261 Å². The van der Waals surface area contributed by atoms with Crippen molar-refractivity contribution in [2.75, 3.05) is 9.80 Å². The number of rotatable bonds is 11. The zero-order chi connectivity index (χ0) is 63.6. The lowest BCUT2D eigenvalue weighted by atomic mass is 9.33. The summed E-state index contributed by atoms with van der Waals surface area (Å²) in [5.41, 5.74) is 27.5. The molecule has 4 heterocycles. The first-order chi connectivity index (χ1) is 47.5. The van der Waals surface area contributed by atoms with Crippen molar-refractivity contribution in [2.45, 2.75) is 0 Å². The topological polar surface area (TPSA) is 54.4 Å². The van der Waals surface area contributed by atoms with Crippen LogP contribution in [-0.4, -0.2) is 26.2 Å². The van der Waals surface area contributed by atoms with Gasteiger partial charge in [0.2, 0.25) is 0 Å². The van der Waals surface area contributed by atoms with Gasteiger partial charge in [-0.3, -0.25) is 0 Å². The predicted molar refractivity (Wildman–Crippen MR) is 398 cm³/mol. The van der Waals surface area contributed by atoms with Crippen LogP contribution in [0.1, 0.15) is 0 Å². The predicted octanol–water partition coefficient (Wildman–Crippen LogP) is 20.9. The number of hydrogen-bond donors (Lipinski definition) is 0. The van der Waals surface area contributed by atoms with Gasteiger partial charge in [0.05, 0.1) is 17.6 Å². The van der Waals surface area contributed by atoms with E-state index in [0.29, 0.717) is 28.7 Å². The molecular formula is C88H56BN7. The van der Waals surface area contributed by atoms with E-state index in [1.807, 2.05) is 72.8 Å². The third-order valence-electron chi connectivity index (χ3n) is 19.1. The fourth-order valence-corrected chi connectivity index (χ4v) is 14.5. The SMILES string of the molecule is [C-]#[N+]c1cc(-n2c3ccccc3c3cc(-c4cc5c6c(c4)N(c4ccc(-c7ccccc7)cc4)c4ccc(-c7ccccc7)cc4B6c4cc(-c6ccccc6)ccc4N5c4ccc(-c5ccccc5)cc4)ccc32)ccc1-c1nc(-c2ccccc2)nc(-c2ccccc2)n1. The summed E-state index contributed by atoms with van der Waals surface area (Å²) in [6.07, 6.45) is 0. The first kappa shape index (κ1) is 55.9. The van der Waals surface area contributed by atoms with E-state index in [1.165, 1.54) is 49.8 Å². The van der Waals surface area contributed by atoms with Crippen LogP contribution in [0.25, 0.3) is 122 Å². The van der Waals surface area contributed by atoms with E-state index in [2.05, 4.69) is 286 Å². The molecular weight excluding hydrogens is 1170 g/mol. The molecule has 0 saturated carbocycles. The normalized spacial score (nSPS) is 12.1. The Labute approximate surface area is 557 Å². The van der Waals surface area contributed by atoms with Crippen LogP contribution in [0.4, 0.5) is 39.8 Å². The Hall–Kier alpha value is -13.0. The molecule has 0 bridgehead atoms. The van der Waals surface area contributed by atoms with E-state index in [0.717, 1.165) is 95.0 Å². The van der Waals surface area contributed by atoms with Gasteiger partial charge >= 0.3 is 0 Å². The van der Waals surface area contributed by atoms with E-state index in [4.69, 9.17) is 21.5 Å². The lowest BCUT2D eigenvalue weighted by Crippen LogP contribution is -2.61. The van der Waals surface area contributed by atoms with E-state index in [-0.39, 0.29) is 6.71 Å². The van der Waals surface area contributed by atoms with E-state index >= 15 is 0 Å². The highest BCUT2D eigenvalue weighted by molar-refractivity contribution is 7.00. The van der Waals surface area contributed by atoms with Crippen molar-refractivity contribution in [1.82, 2.24) is 19.5 Å². The molecule has 0 N–H and O–H groups in total. The Balaban J connectivity index is 0.849. The summed E-state index contributed by atoms with van der Waals surface area (Å²) in [7, 11) is 0. The minimum absolute atomic E-state index is 0.157. The van der Waals surface area contributed by atoms with Crippen molar-refractivity contribution in [1.29, 1.82) is 0 Å². The number of fused-ring (bicyclic) bond motifs is 7. The highest BCUT2D eigenvalue weighted by atomic mass is 15.2. The maximum Gasteiger partial charge on any atom is 0.252 e. The number of aromatic nitrogens is 4. The Kier molecular flexibility index (Phi) is 13.6. The summed E-state index contributed by atoms with van der Waals surface area (Å²) in [6, 6.07) is 122. The molecule has 0 unspecified atom stereocenters. The molecule has 446 valence electrons. The zero-order valence-corrected chi connectivity index (χ0v) is 52.0. The molecule has 2 aliphatic heterocycles. The lowest BCUT2D eigenvalue weighted by molar-refractivity contribution is 1.07.